The van der Waals surface area contributed by atoms with Gasteiger partial charge in [0, 0.05) is 17.1 Å². The number of benzene rings is 1. The fourth-order valence-corrected chi connectivity index (χ4v) is 3.66. The first-order chi connectivity index (χ1) is 13.4. The highest BCUT2D eigenvalue weighted by atomic mass is 79.9. The van der Waals surface area contributed by atoms with Gasteiger partial charge in [-0.25, -0.2) is 18.2 Å². The molecule has 2 atom stereocenters. The summed E-state index contributed by atoms with van der Waals surface area (Å²) in [5.74, 6) is -2.90. The molecule has 4 aromatic rings. The lowest BCUT2D eigenvalue weighted by molar-refractivity contribution is -0.117. The van der Waals surface area contributed by atoms with E-state index in [2.05, 4.69) is 41.4 Å². The van der Waals surface area contributed by atoms with E-state index in [0.29, 0.717) is 22.3 Å². The Hall–Kier alpha value is -2.95. The minimum absolute atomic E-state index is 0.0682. The van der Waals surface area contributed by atoms with Crippen molar-refractivity contribution in [3.8, 4) is 11.3 Å². The molecule has 28 heavy (non-hydrogen) atoms. The number of carbonyl (C=O) groups excluding carboxylic acids is 1. The van der Waals surface area contributed by atoms with Gasteiger partial charge in [-0.1, -0.05) is 0 Å². The maximum absolute atomic E-state index is 14.3. The van der Waals surface area contributed by atoms with Crippen molar-refractivity contribution in [3.63, 3.8) is 0 Å². The molecule has 0 radical (unpaired) electrons. The summed E-state index contributed by atoms with van der Waals surface area (Å²) in [6.45, 7) is 0. The maximum Gasteiger partial charge on any atom is 0.231 e. The van der Waals surface area contributed by atoms with Crippen molar-refractivity contribution >= 4 is 44.2 Å². The van der Waals surface area contributed by atoms with Gasteiger partial charge in [-0.15, -0.1) is 0 Å². The number of nitrogens with one attached hydrogen (secondary N) is 2. The first-order valence-electron chi connectivity index (χ1n) is 8.23. The number of hydrogen-bond donors (Lipinski definition) is 2. The van der Waals surface area contributed by atoms with Crippen molar-refractivity contribution in [2.45, 2.75) is 12.6 Å². The third-order valence-electron chi connectivity index (χ3n) is 4.63. The van der Waals surface area contributed by atoms with Gasteiger partial charge in [0.15, 0.2) is 23.1 Å². The van der Waals surface area contributed by atoms with Crippen molar-refractivity contribution in [1.29, 1.82) is 0 Å². The van der Waals surface area contributed by atoms with Crippen LogP contribution in [0.15, 0.2) is 29.3 Å². The van der Waals surface area contributed by atoms with E-state index in [1.165, 1.54) is 18.6 Å². The molecule has 2 unspecified atom stereocenters. The zero-order valence-electron chi connectivity index (χ0n) is 13.9. The second-order valence-corrected chi connectivity index (χ2v) is 7.28. The molecule has 0 saturated heterocycles. The molecule has 1 aromatic carbocycles. The summed E-state index contributed by atoms with van der Waals surface area (Å²) in [4.78, 5) is 20.4. The zero-order valence-corrected chi connectivity index (χ0v) is 15.5. The van der Waals surface area contributed by atoms with Crippen LogP contribution in [0.25, 0.3) is 27.8 Å². The van der Waals surface area contributed by atoms with Crippen molar-refractivity contribution in [1.82, 2.24) is 24.6 Å². The van der Waals surface area contributed by atoms with E-state index < -0.39 is 29.6 Å². The first-order valence-corrected chi connectivity index (χ1v) is 9.03. The highest BCUT2D eigenvalue weighted by Crippen LogP contribution is 2.38. The lowest BCUT2D eigenvalue weighted by Crippen LogP contribution is -2.15. The molecule has 0 spiro atoms. The van der Waals surface area contributed by atoms with E-state index in [4.69, 9.17) is 0 Å². The summed E-state index contributed by atoms with van der Waals surface area (Å²) < 4.78 is 42.9. The van der Waals surface area contributed by atoms with Crippen LogP contribution in [0.5, 0.6) is 0 Å². The van der Waals surface area contributed by atoms with Crippen LogP contribution in [0, 0.1) is 17.6 Å². The number of aromatic nitrogens is 5. The van der Waals surface area contributed by atoms with Crippen molar-refractivity contribution in [3.05, 3.63) is 40.9 Å². The topological polar surface area (TPSA) is 88.0 Å². The monoisotopic (exact) mass is 450 g/mol. The second kappa shape index (κ2) is 6.03. The average Bonchev–Trinajstić information content (AvgIpc) is 3.06. The fraction of sp³-hybridized carbons (Fsp3) is 0.176. The summed E-state index contributed by atoms with van der Waals surface area (Å²) in [6, 6.07) is 0. The fourth-order valence-electron chi connectivity index (χ4n) is 3.07. The Morgan fingerprint density at radius 2 is 2.07 bits per heavy atom. The summed E-state index contributed by atoms with van der Waals surface area (Å²) in [5, 5.41) is 9.14. The Morgan fingerprint density at radius 1 is 1.29 bits per heavy atom. The molecule has 1 fully saturated rings. The number of carbonyl (C=O) groups is 1. The van der Waals surface area contributed by atoms with Gasteiger partial charge in [0.1, 0.15) is 11.7 Å². The third kappa shape index (κ3) is 2.57. The molecule has 1 aliphatic rings. The predicted octanol–water partition coefficient (Wildman–Crippen LogP) is 3.61. The normalized spacial score (nSPS) is 18.7. The van der Waals surface area contributed by atoms with E-state index in [1.807, 2.05) is 0 Å². The molecule has 0 aliphatic heterocycles. The maximum atomic E-state index is 14.3. The van der Waals surface area contributed by atoms with E-state index in [1.54, 1.807) is 10.6 Å². The van der Waals surface area contributed by atoms with Crippen LogP contribution >= 0.6 is 15.9 Å². The van der Waals surface area contributed by atoms with Gasteiger partial charge in [-0.2, -0.15) is 5.10 Å². The number of imidazole rings is 1. The summed E-state index contributed by atoms with van der Waals surface area (Å²) in [5.41, 5.74) is 1.02. The quantitative estimate of drug-likeness (QED) is 0.466. The van der Waals surface area contributed by atoms with Crippen LogP contribution in [-0.4, -0.2) is 36.6 Å². The zero-order chi connectivity index (χ0) is 19.6. The number of amides is 1. The van der Waals surface area contributed by atoms with Crippen molar-refractivity contribution < 1.29 is 18.0 Å². The summed E-state index contributed by atoms with van der Waals surface area (Å²) >= 11 is 3.09. The second-order valence-electron chi connectivity index (χ2n) is 6.49. The van der Waals surface area contributed by atoms with Gasteiger partial charge in [-0.3, -0.25) is 14.9 Å². The number of nitrogens with zero attached hydrogens (tertiary/aromatic N) is 4. The van der Waals surface area contributed by atoms with Gasteiger partial charge in [0.05, 0.1) is 34.7 Å². The Morgan fingerprint density at radius 3 is 2.82 bits per heavy atom. The highest BCUT2D eigenvalue weighted by molar-refractivity contribution is 9.10. The molecule has 2 N–H and O–H groups in total. The molecule has 1 saturated carbocycles. The van der Waals surface area contributed by atoms with Crippen molar-refractivity contribution in [2.75, 3.05) is 5.32 Å². The number of anilines is 1. The average molecular weight is 451 g/mol. The van der Waals surface area contributed by atoms with Gasteiger partial charge in [-0.05, 0) is 22.4 Å². The molecule has 5 rings (SSSR count). The minimum atomic E-state index is -1.10. The SMILES string of the molecule is O=C(Nc1cn2cc(-c3c(Br)c(F)c(F)c4[nH]ncc34)ncc2n1)C1CC1F. The van der Waals surface area contributed by atoms with E-state index in [9.17, 15) is 18.0 Å². The smallest absolute Gasteiger partial charge is 0.231 e. The molecule has 3 heterocycles. The number of rotatable bonds is 3. The molecule has 11 heteroatoms. The van der Waals surface area contributed by atoms with E-state index >= 15 is 0 Å². The van der Waals surface area contributed by atoms with Crippen LogP contribution in [0.2, 0.25) is 0 Å². The van der Waals surface area contributed by atoms with Gasteiger partial charge >= 0.3 is 0 Å². The molecular formula is C17H10BrF3N6O. The Balaban J connectivity index is 1.58. The van der Waals surface area contributed by atoms with Crippen LogP contribution in [0.4, 0.5) is 19.0 Å². The van der Waals surface area contributed by atoms with Gasteiger partial charge < -0.3 is 9.72 Å². The molecule has 3 aromatic heterocycles. The van der Waals surface area contributed by atoms with E-state index in [-0.39, 0.29) is 22.2 Å². The Kier molecular flexibility index (Phi) is 3.69. The van der Waals surface area contributed by atoms with Crippen LogP contribution in [0.1, 0.15) is 6.42 Å². The number of fused-ring (bicyclic) bond motifs is 2. The minimum Gasteiger partial charge on any atom is -0.309 e. The molecular weight excluding hydrogens is 441 g/mol. The van der Waals surface area contributed by atoms with E-state index in [0.717, 1.165) is 0 Å². The molecule has 1 aliphatic carbocycles. The third-order valence-corrected chi connectivity index (χ3v) is 5.38. The first kappa shape index (κ1) is 17.2. The number of halogens is 4. The number of H-pyrrole nitrogens is 1. The lowest BCUT2D eigenvalue weighted by Gasteiger charge is -2.08. The Labute approximate surface area is 163 Å². The van der Waals surface area contributed by atoms with Crippen LogP contribution in [0.3, 0.4) is 0 Å². The Bertz CT molecular complexity index is 1270. The number of aromatic amines is 1. The number of alkyl halides is 1. The summed E-state index contributed by atoms with van der Waals surface area (Å²) in [6.07, 6.45) is 5.03. The van der Waals surface area contributed by atoms with Gasteiger partial charge in [0.25, 0.3) is 0 Å². The van der Waals surface area contributed by atoms with Crippen LogP contribution in [-0.2, 0) is 4.79 Å². The lowest BCUT2D eigenvalue weighted by atomic mass is 10.1. The van der Waals surface area contributed by atoms with Crippen molar-refractivity contribution in [2.24, 2.45) is 5.92 Å². The predicted molar refractivity (Wildman–Crippen MR) is 97.3 cm³/mol. The molecule has 1 amide bonds. The molecule has 7 nitrogen and oxygen atoms in total. The molecule has 0 bridgehead atoms. The highest BCUT2D eigenvalue weighted by Gasteiger charge is 2.43. The summed E-state index contributed by atoms with van der Waals surface area (Å²) in [7, 11) is 0. The number of hydrogen-bond acceptors (Lipinski definition) is 4. The van der Waals surface area contributed by atoms with Crippen LogP contribution < -0.4 is 5.32 Å². The molecule has 142 valence electrons. The van der Waals surface area contributed by atoms with Gasteiger partial charge in [0.2, 0.25) is 5.91 Å². The standard InChI is InChI=1S/C17H10BrF3N6O/c18-13-12(7-2-23-26-16(7)15(21)14(13)20)9-4-27-5-10(24-11(27)3-22-9)25-17(28)6-1-8(6)19/h2-6,8H,1H2,(H,23,26)(H,25,28). The largest absolute Gasteiger partial charge is 0.309 e.